The van der Waals surface area contributed by atoms with Crippen LogP contribution >= 0.6 is 11.8 Å². The van der Waals surface area contributed by atoms with Crippen molar-refractivity contribution in [2.75, 3.05) is 16.8 Å². The zero-order chi connectivity index (χ0) is 15.4. The van der Waals surface area contributed by atoms with Gasteiger partial charge in [0.2, 0.25) is 0 Å². The largest absolute Gasteiger partial charge is 0.478 e. The molecule has 1 aromatic rings. The number of halogens is 2. The highest BCUT2D eigenvalue weighted by atomic mass is 32.2. The molecular formula is C13H14F2N2O3S. The summed E-state index contributed by atoms with van der Waals surface area (Å²) in [6.45, 7) is 0. The summed E-state index contributed by atoms with van der Waals surface area (Å²) in [6, 6.07) is 0.563. The monoisotopic (exact) mass is 316 g/mol. The van der Waals surface area contributed by atoms with E-state index in [2.05, 4.69) is 10.6 Å². The predicted molar refractivity (Wildman–Crippen MR) is 75.8 cm³/mol. The van der Waals surface area contributed by atoms with Crippen molar-refractivity contribution < 1.29 is 23.5 Å². The van der Waals surface area contributed by atoms with Crippen LogP contribution in [0.2, 0.25) is 0 Å². The maximum atomic E-state index is 13.6. The Labute approximate surface area is 124 Å². The van der Waals surface area contributed by atoms with Gasteiger partial charge < -0.3 is 15.7 Å². The van der Waals surface area contributed by atoms with Gasteiger partial charge in [-0.3, -0.25) is 0 Å². The molecular weight excluding hydrogens is 302 g/mol. The second-order valence-electron chi connectivity index (χ2n) is 4.63. The number of nitrogens with one attached hydrogen (secondary N) is 2. The summed E-state index contributed by atoms with van der Waals surface area (Å²) in [5.41, 5.74) is -1.06. The first kappa shape index (κ1) is 15.6. The third kappa shape index (κ3) is 4.07. The van der Waals surface area contributed by atoms with Crippen LogP contribution in [0.1, 0.15) is 23.2 Å². The first-order valence-corrected chi connectivity index (χ1v) is 7.50. The predicted octanol–water partition coefficient (Wildman–Crippen LogP) is 2.68. The van der Waals surface area contributed by atoms with Gasteiger partial charge in [-0.25, -0.2) is 18.4 Å². The number of rotatable bonds is 3. The first-order valence-electron chi connectivity index (χ1n) is 6.35. The van der Waals surface area contributed by atoms with Crippen LogP contribution in [-0.2, 0) is 0 Å². The van der Waals surface area contributed by atoms with Crippen molar-refractivity contribution in [3.63, 3.8) is 0 Å². The van der Waals surface area contributed by atoms with Gasteiger partial charge in [0.15, 0.2) is 0 Å². The fraction of sp³-hybridized carbons (Fsp3) is 0.385. The van der Waals surface area contributed by atoms with Crippen LogP contribution in [0.15, 0.2) is 12.1 Å². The minimum Gasteiger partial charge on any atom is -0.478 e. The van der Waals surface area contributed by atoms with E-state index in [0.29, 0.717) is 6.07 Å². The molecule has 0 saturated carbocycles. The molecule has 8 heteroatoms. The van der Waals surface area contributed by atoms with Crippen molar-refractivity contribution in [3.8, 4) is 0 Å². The van der Waals surface area contributed by atoms with Crippen LogP contribution in [0, 0.1) is 11.6 Å². The van der Waals surface area contributed by atoms with Crippen LogP contribution in [-0.4, -0.2) is 34.7 Å². The van der Waals surface area contributed by atoms with Gasteiger partial charge in [-0.05, 0) is 24.7 Å². The van der Waals surface area contributed by atoms with Gasteiger partial charge >= 0.3 is 12.0 Å². The number of carboxylic acids is 1. The lowest BCUT2D eigenvalue weighted by Gasteiger charge is -2.22. The van der Waals surface area contributed by atoms with Gasteiger partial charge in [-0.2, -0.15) is 11.8 Å². The van der Waals surface area contributed by atoms with E-state index in [-0.39, 0.29) is 11.7 Å². The average Bonchev–Trinajstić information content (AvgIpc) is 2.42. The highest BCUT2D eigenvalue weighted by Crippen LogP contribution is 2.20. The van der Waals surface area contributed by atoms with Gasteiger partial charge in [0.25, 0.3) is 0 Å². The van der Waals surface area contributed by atoms with Gasteiger partial charge in [-0.1, -0.05) is 0 Å². The lowest BCUT2D eigenvalue weighted by atomic mass is 10.1. The smallest absolute Gasteiger partial charge is 0.338 e. The quantitative estimate of drug-likeness (QED) is 0.801. The number of urea groups is 1. The summed E-state index contributed by atoms with van der Waals surface area (Å²) in [4.78, 5) is 22.6. The summed E-state index contributed by atoms with van der Waals surface area (Å²) < 4.78 is 26.8. The maximum absolute atomic E-state index is 13.6. The molecule has 1 saturated heterocycles. The van der Waals surface area contributed by atoms with E-state index in [9.17, 15) is 18.4 Å². The van der Waals surface area contributed by atoms with Crippen LogP contribution in [0.4, 0.5) is 19.3 Å². The Kier molecular flexibility index (Phi) is 5.00. The Morgan fingerprint density at radius 3 is 2.67 bits per heavy atom. The fourth-order valence-electron chi connectivity index (χ4n) is 2.01. The van der Waals surface area contributed by atoms with E-state index in [0.717, 1.165) is 30.4 Å². The molecule has 1 atom stereocenters. The molecule has 0 bridgehead atoms. The molecule has 0 aliphatic carbocycles. The first-order chi connectivity index (χ1) is 9.97. The summed E-state index contributed by atoms with van der Waals surface area (Å²) in [5.74, 6) is -1.91. The van der Waals surface area contributed by atoms with Crippen molar-refractivity contribution >= 4 is 29.4 Å². The number of hydrogen-bond donors (Lipinski definition) is 3. The normalized spacial score (nSPS) is 18.1. The van der Waals surface area contributed by atoms with Crippen LogP contribution in [0.25, 0.3) is 0 Å². The van der Waals surface area contributed by atoms with Crippen molar-refractivity contribution in [1.82, 2.24) is 5.32 Å². The number of hydrogen-bond acceptors (Lipinski definition) is 3. The summed E-state index contributed by atoms with van der Waals surface area (Å²) in [5, 5.41) is 13.7. The molecule has 1 aromatic carbocycles. The van der Waals surface area contributed by atoms with E-state index in [4.69, 9.17) is 5.11 Å². The minimum absolute atomic E-state index is 0.00814. The number of carbonyl (C=O) groups excluding carboxylic acids is 1. The van der Waals surface area contributed by atoms with Gasteiger partial charge in [0.1, 0.15) is 11.6 Å². The molecule has 5 nitrogen and oxygen atoms in total. The Morgan fingerprint density at radius 1 is 1.29 bits per heavy atom. The van der Waals surface area contributed by atoms with Gasteiger partial charge in [0.05, 0.1) is 11.3 Å². The highest BCUT2D eigenvalue weighted by Gasteiger charge is 2.19. The molecule has 1 aliphatic heterocycles. The summed E-state index contributed by atoms with van der Waals surface area (Å²) >= 11 is 1.72. The highest BCUT2D eigenvalue weighted by molar-refractivity contribution is 7.99. The van der Waals surface area contributed by atoms with E-state index in [1.165, 1.54) is 0 Å². The van der Waals surface area contributed by atoms with Crippen LogP contribution in [0.5, 0.6) is 0 Å². The van der Waals surface area contributed by atoms with Crippen molar-refractivity contribution in [2.45, 2.75) is 18.9 Å². The molecule has 0 spiro atoms. The van der Waals surface area contributed by atoms with E-state index < -0.39 is 29.2 Å². The molecule has 0 radical (unpaired) electrons. The second-order valence-corrected chi connectivity index (χ2v) is 5.78. The molecule has 2 amide bonds. The third-order valence-corrected chi connectivity index (χ3v) is 4.25. The third-order valence-electron chi connectivity index (χ3n) is 3.03. The standard InChI is InChI=1S/C13H14F2N2O3S/c14-9-5-10(15)11(4-8(9)12(18)19)17-13(20)16-7-2-1-3-21-6-7/h4-5,7H,1-3,6H2,(H,18,19)(H2,16,17,20). The average molecular weight is 316 g/mol. The number of anilines is 1. The molecule has 1 fully saturated rings. The molecule has 114 valence electrons. The van der Waals surface area contributed by atoms with Gasteiger partial charge in [-0.15, -0.1) is 0 Å². The molecule has 1 heterocycles. The molecule has 1 unspecified atom stereocenters. The molecule has 0 aromatic heterocycles. The molecule has 21 heavy (non-hydrogen) atoms. The number of carboxylic acid groups (broad SMARTS) is 1. The van der Waals surface area contributed by atoms with Gasteiger partial charge in [0, 0.05) is 17.9 Å². The van der Waals surface area contributed by atoms with Crippen molar-refractivity contribution in [2.24, 2.45) is 0 Å². The van der Waals surface area contributed by atoms with E-state index in [1.54, 1.807) is 11.8 Å². The van der Waals surface area contributed by atoms with E-state index >= 15 is 0 Å². The lowest BCUT2D eigenvalue weighted by Crippen LogP contribution is -2.41. The Hall–Kier alpha value is -1.83. The zero-order valence-corrected chi connectivity index (χ0v) is 11.8. The summed E-state index contributed by atoms with van der Waals surface area (Å²) in [6.07, 6.45) is 1.83. The number of amides is 2. The zero-order valence-electron chi connectivity index (χ0n) is 11.0. The number of carbonyl (C=O) groups is 2. The Bertz CT molecular complexity index is 563. The molecule has 1 aliphatic rings. The van der Waals surface area contributed by atoms with Crippen molar-refractivity contribution in [1.29, 1.82) is 0 Å². The fourth-order valence-corrected chi connectivity index (χ4v) is 3.08. The topological polar surface area (TPSA) is 78.4 Å². The summed E-state index contributed by atoms with van der Waals surface area (Å²) in [7, 11) is 0. The maximum Gasteiger partial charge on any atom is 0.338 e. The van der Waals surface area contributed by atoms with Crippen molar-refractivity contribution in [3.05, 3.63) is 29.3 Å². The lowest BCUT2D eigenvalue weighted by molar-refractivity contribution is 0.0692. The molecule has 2 rings (SSSR count). The number of thioether (sulfide) groups is 1. The van der Waals surface area contributed by atoms with Crippen LogP contribution < -0.4 is 10.6 Å². The Balaban J connectivity index is 2.06. The number of aromatic carboxylic acids is 1. The number of benzene rings is 1. The Morgan fingerprint density at radius 2 is 2.05 bits per heavy atom. The van der Waals surface area contributed by atoms with Crippen LogP contribution in [0.3, 0.4) is 0 Å². The second kappa shape index (κ2) is 6.75. The van der Waals surface area contributed by atoms with E-state index in [1.807, 2.05) is 0 Å². The SMILES string of the molecule is O=C(Nc1cc(C(=O)O)c(F)cc1F)NC1CCCSC1. The minimum atomic E-state index is -1.53. The molecule has 3 N–H and O–H groups in total.